The molecule has 8 heteroatoms. The van der Waals surface area contributed by atoms with Crippen LogP contribution in [-0.4, -0.2) is 79.3 Å². The lowest BCUT2D eigenvalue weighted by Crippen LogP contribution is -2.55. The van der Waals surface area contributed by atoms with E-state index in [-0.39, 0.29) is 17.3 Å². The lowest BCUT2D eigenvalue weighted by molar-refractivity contribution is -0.139. The maximum atomic E-state index is 15.5. The Morgan fingerprint density at radius 1 is 0.971 bits per heavy atom. The molecule has 4 saturated carbocycles. The lowest BCUT2D eigenvalue weighted by atomic mass is 9.48. The number of aliphatic hydroxyl groups is 1. The number of carbonyl (C=O) groups excluding carboxylic acids is 1. The van der Waals surface area contributed by atoms with Gasteiger partial charge in [0.15, 0.2) is 0 Å². The molecule has 0 aromatic carbocycles. The van der Waals surface area contributed by atoms with Crippen LogP contribution in [0.1, 0.15) is 65.2 Å². The molecule has 5 fully saturated rings. The number of rotatable bonds is 4. The van der Waals surface area contributed by atoms with Crippen LogP contribution in [0, 0.1) is 40.9 Å². The minimum atomic E-state index is -3.17. The average Bonchev–Trinajstić information content (AvgIpc) is 3.11. The van der Waals surface area contributed by atoms with Gasteiger partial charge in [0.2, 0.25) is 10.0 Å². The first-order valence-corrected chi connectivity index (χ1v) is 15.3. The maximum Gasteiger partial charge on any atom is 0.211 e. The molecular weight excluding hydrogens is 455 g/mol. The van der Waals surface area contributed by atoms with Crippen molar-refractivity contribution in [3.63, 3.8) is 0 Å². The van der Waals surface area contributed by atoms with Crippen LogP contribution in [0.2, 0.25) is 0 Å². The first-order valence-electron chi connectivity index (χ1n) is 13.5. The van der Waals surface area contributed by atoms with Crippen molar-refractivity contribution in [1.29, 1.82) is 0 Å². The smallest absolute Gasteiger partial charge is 0.211 e. The summed E-state index contributed by atoms with van der Waals surface area (Å²) in [6.45, 7) is 6.69. The van der Waals surface area contributed by atoms with Crippen molar-refractivity contribution in [2.24, 2.45) is 40.9 Å². The summed E-state index contributed by atoms with van der Waals surface area (Å²) in [6, 6.07) is 0. The number of hydrogen-bond donors (Lipinski definition) is 1. The van der Waals surface area contributed by atoms with Crippen molar-refractivity contribution in [1.82, 2.24) is 9.21 Å². The van der Waals surface area contributed by atoms with Gasteiger partial charge >= 0.3 is 0 Å². The van der Waals surface area contributed by atoms with Crippen LogP contribution in [0.3, 0.4) is 0 Å². The minimum absolute atomic E-state index is 0.00112. The second kappa shape index (κ2) is 8.77. The van der Waals surface area contributed by atoms with Crippen LogP contribution in [0.15, 0.2) is 0 Å². The highest BCUT2D eigenvalue weighted by atomic mass is 32.2. The predicted molar refractivity (Wildman–Crippen MR) is 129 cm³/mol. The molecule has 0 amide bonds. The van der Waals surface area contributed by atoms with Gasteiger partial charge in [0.05, 0.1) is 18.4 Å². The van der Waals surface area contributed by atoms with Gasteiger partial charge in [0.1, 0.15) is 12.0 Å². The number of alkyl halides is 1. The Balaban J connectivity index is 1.24. The van der Waals surface area contributed by atoms with E-state index in [0.717, 1.165) is 38.5 Å². The Bertz CT molecular complexity index is 902. The Labute approximate surface area is 204 Å². The Kier molecular flexibility index (Phi) is 6.48. The molecule has 0 aromatic rings. The third-order valence-corrected chi connectivity index (χ3v) is 12.1. The van der Waals surface area contributed by atoms with Crippen molar-refractivity contribution in [3.05, 3.63) is 0 Å². The van der Waals surface area contributed by atoms with E-state index in [2.05, 4.69) is 11.8 Å². The highest BCUT2D eigenvalue weighted by molar-refractivity contribution is 7.88. The fraction of sp³-hybridized carbons (Fsp3) is 0.962. The molecule has 1 saturated heterocycles. The number of Topliss-reactive ketones (excluding diaryl/α,β-unsaturated/α-hetero) is 1. The quantitative estimate of drug-likeness (QED) is 0.645. The summed E-state index contributed by atoms with van der Waals surface area (Å²) in [7, 11) is -3.17. The molecule has 194 valence electrons. The fourth-order valence-electron chi connectivity index (χ4n) is 9.08. The first kappa shape index (κ1) is 25.1. The zero-order valence-electron chi connectivity index (χ0n) is 21.1. The summed E-state index contributed by atoms with van der Waals surface area (Å²) in [5.41, 5.74) is -0.765. The van der Waals surface area contributed by atoms with E-state index in [1.165, 1.54) is 10.6 Å². The van der Waals surface area contributed by atoms with Gasteiger partial charge in [-0.15, -0.1) is 0 Å². The number of sulfonamides is 1. The third-order valence-electron chi connectivity index (χ3n) is 10.8. The van der Waals surface area contributed by atoms with E-state index in [4.69, 9.17) is 0 Å². The van der Waals surface area contributed by atoms with Crippen LogP contribution < -0.4 is 0 Å². The molecule has 1 N–H and O–H groups in total. The van der Waals surface area contributed by atoms with Crippen LogP contribution in [-0.2, 0) is 14.8 Å². The summed E-state index contributed by atoms with van der Waals surface area (Å²) < 4.78 is 40.5. The highest BCUT2D eigenvalue weighted by Crippen LogP contribution is 2.65. The summed E-state index contributed by atoms with van der Waals surface area (Å²) in [5, 5.41) is 10.6. The molecule has 6 nitrogen and oxygen atoms in total. The number of ketones is 1. The number of piperazine rings is 1. The lowest BCUT2D eigenvalue weighted by Gasteiger charge is -2.57. The molecular formula is C26H43FN2O4S. The number of hydrogen-bond acceptors (Lipinski definition) is 5. The molecule has 4 aliphatic carbocycles. The molecule has 9 atom stereocenters. The standard InChI is InChI=1S/C26H43FN2O4S/c1-25(31)8-6-18-17-7-9-26(2)21(19(17)14-23(27)20(18)15-25)4-5-22(26)24(30)16-28-10-12-29(13-11-28)34(3,32)33/h17-23,31H,4-16H2,1-3H3. The Morgan fingerprint density at radius 3 is 2.29 bits per heavy atom. The number of carbonyl (C=O) groups is 1. The third kappa shape index (κ3) is 4.39. The van der Waals surface area contributed by atoms with Crippen LogP contribution in [0.25, 0.3) is 0 Å². The van der Waals surface area contributed by atoms with E-state index in [1.54, 1.807) is 0 Å². The van der Waals surface area contributed by atoms with Gasteiger partial charge in [-0.3, -0.25) is 9.69 Å². The highest BCUT2D eigenvalue weighted by Gasteiger charge is 2.60. The molecule has 5 rings (SSSR count). The van der Waals surface area contributed by atoms with E-state index in [9.17, 15) is 18.3 Å². The summed E-state index contributed by atoms with van der Waals surface area (Å²) in [6.07, 6.45) is 7.40. The molecule has 34 heavy (non-hydrogen) atoms. The maximum absolute atomic E-state index is 15.5. The molecule has 1 aliphatic heterocycles. The zero-order chi connectivity index (χ0) is 24.5. The molecule has 0 aromatic heterocycles. The molecule has 0 spiro atoms. The molecule has 9 unspecified atom stereocenters. The zero-order valence-corrected chi connectivity index (χ0v) is 21.9. The average molecular weight is 499 g/mol. The van der Waals surface area contributed by atoms with E-state index in [1.807, 2.05) is 6.92 Å². The van der Waals surface area contributed by atoms with Crippen LogP contribution in [0.4, 0.5) is 4.39 Å². The first-order chi connectivity index (χ1) is 15.9. The topological polar surface area (TPSA) is 77.9 Å². The Hall–Kier alpha value is -0.570. The largest absolute Gasteiger partial charge is 0.390 e. The predicted octanol–water partition coefficient (Wildman–Crippen LogP) is 3.10. The number of fused-ring (bicyclic) bond motifs is 5. The van der Waals surface area contributed by atoms with Gasteiger partial charge in [0.25, 0.3) is 0 Å². The second-order valence-electron chi connectivity index (χ2n) is 12.8. The Morgan fingerprint density at radius 2 is 1.62 bits per heavy atom. The van der Waals surface area contributed by atoms with Crippen LogP contribution in [0.5, 0.6) is 0 Å². The van der Waals surface area contributed by atoms with Crippen molar-refractivity contribution < 1.29 is 22.7 Å². The monoisotopic (exact) mass is 498 g/mol. The molecule has 0 radical (unpaired) electrons. The normalized spacial score (nSPS) is 48.1. The molecule has 0 bridgehead atoms. The summed E-state index contributed by atoms with van der Waals surface area (Å²) >= 11 is 0. The van der Waals surface area contributed by atoms with E-state index in [0.29, 0.717) is 75.0 Å². The molecule has 1 heterocycles. The molecule has 5 aliphatic rings. The van der Waals surface area contributed by atoms with Gasteiger partial charge in [0, 0.05) is 32.1 Å². The van der Waals surface area contributed by atoms with Crippen molar-refractivity contribution in [3.8, 4) is 0 Å². The van der Waals surface area contributed by atoms with Gasteiger partial charge in [-0.1, -0.05) is 6.92 Å². The minimum Gasteiger partial charge on any atom is -0.390 e. The van der Waals surface area contributed by atoms with Crippen molar-refractivity contribution >= 4 is 15.8 Å². The van der Waals surface area contributed by atoms with Gasteiger partial charge < -0.3 is 5.11 Å². The summed E-state index contributed by atoms with van der Waals surface area (Å²) in [4.78, 5) is 15.6. The van der Waals surface area contributed by atoms with Crippen molar-refractivity contribution in [2.45, 2.75) is 77.0 Å². The van der Waals surface area contributed by atoms with E-state index >= 15 is 4.39 Å². The van der Waals surface area contributed by atoms with Gasteiger partial charge in [-0.25, -0.2) is 12.8 Å². The second-order valence-corrected chi connectivity index (χ2v) is 14.8. The number of nitrogens with zero attached hydrogens (tertiary/aromatic N) is 2. The van der Waals surface area contributed by atoms with Gasteiger partial charge in [-0.05, 0) is 93.3 Å². The van der Waals surface area contributed by atoms with Crippen molar-refractivity contribution in [2.75, 3.05) is 39.0 Å². The SMILES string of the molecule is CC1(O)CCC2C(C1)C(F)CC1C2CCC2(C)C(C(=O)CN3CCN(S(C)(=O)=O)CC3)CCC12. The summed E-state index contributed by atoms with van der Waals surface area (Å²) in [5.74, 6) is 2.06. The number of halogens is 1. The van der Waals surface area contributed by atoms with E-state index < -0.39 is 21.8 Å². The fourth-order valence-corrected chi connectivity index (χ4v) is 9.91. The van der Waals surface area contributed by atoms with Crippen LogP contribution >= 0.6 is 0 Å². The van der Waals surface area contributed by atoms with Gasteiger partial charge in [-0.2, -0.15) is 4.31 Å².